The van der Waals surface area contributed by atoms with Crippen LogP contribution in [0.15, 0.2) is 48.6 Å². The predicted octanol–water partition coefficient (Wildman–Crippen LogP) is 4.53. The third kappa shape index (κ3) is 3.93. The van der Waals surface area contributed by atoms with E-state index < -0.39 is 0 Å². The number of nitrogens with zero attached hydrogens (tertiary/aromatic N) is 3. The zero-order valence-corrected chi connectivity index (χ0v) is 16.6. The molecular formula is C23H28N4O. The molecule has 0 saturated heterocycles. The largest absolute Gasteiger partial charge is 0.366 e. The lowest BCUT2D eigenvalue weighted by molar-refractivity contribution is 0.0720. The summed E-state index contributed by atoms with van der Waals surface area (Å²) in [5, 5.41) is 12.2. The van der Waals surface area contributed by atoms with E-state index in [1.807, 2.05) is 41.3 Å². The highest BCUT2D eigenvalue weighted by Gasteiger charge is 2.27. The molecular weight excluding hydrogens is 348 g/mol. The van der Waals surface area contributed by atoms with Crippen LogP contribution in [0.4, 0.5) is 5.82 Å². The normalized spacial score (nSPS) is 19.5. The summed E-state index contributed by atoms with van der Waals surface area (Å²) in [6.45, 7) is 4.97. The van der Waals surface area contributed by atoms with Gasteiger partial charge in [0.1, 0.15) is 5.82 Å². The number of carbonyl (C=O) groups excluding carboxylic acids is 1. The lowest BCUT2D eigenvalue weighted by atomic mass is 10.0. The molecule has 28 heavy (non-hydrogen) atoms. The number of aromatic nitrogens is 2. The molecule has 1 amide bonds. The van der Waals surface area contributed by atoms with Gasteiger partial charge in [0.2, 0.25) is 0 Å². The summed E-state index contributed by atoms with van der Waals surface area (Å²) in [6, 6.07) is 12.3. The summed E-state index contributed by atoms with van der Waals surface area (Å²) in [7, 11) is 0. The number of anilines is 1. The van der Waals surface area contributed by atoms with Crippen molar-refractivity contribution < 1.29 is 4.79 Å². The van der Waals surface area contributed by atoms with Gasteiger partial charge < -0.3 is 10.2 Å². The summed E-state index contributed by atoms with van der Waals surface area (Å²) in [5.41, 5.74) is 2.40. The topological polar surface area (TPSA) is 58.1 Å². The zero-order chi connectivity index (χ0) is 19.5. The molecule has 2 aliphatic rings. The van der Waals surface area contributed by atoms with Crippen LogP contribution in [0.5, 0.6) is 0 Å². The van der Waals surface area contributed by atoms with E-state index in [1.54, 1.807) is 0 Å². The molecule has 1 N–H and O–H groups in total. The molecule has 1 saturated carbocycles. The van der Waals surface area contributed by atoms with Crippen molar-refractivity contribution >= 4 is 11.7 Å². The Hall–Kier alpha value is -2.69. The van der Waals surface area contributed by atoms with Crippen LogP contribution < -0.4 is 5.32 Å². The summed E-state index contributed by atoms with van der Waals surface area (Å²) in [4.78, 5) is 15.0. The van der Waals surface area contributed by atoms with Crippen LogP contribution >= 0.6 is 0 Å². The van der Waals surface area contributed by atoms with E-state index in [0.717, 1.165) is 17.1 Å². The Morgan fingerprint density at radius 3 is 2.68 bits per heavy atom. The van der Waals surface area contributed by atoms with Crippen LogP contribution in [-0.2, 0) is 0 Å². The third-order valence-corrected chi connectivity index (χ3v) is 5.72. The fraction of sp³-hybridized carbons (Fsp3) is 0.435. The van der Waals surface area contributed by atoms with E-state index in [4.69, 9.17) is 0 Å². The molecule has 1 unspecified atom stereocenters. The Balaban J connectivity index is 1.49. The quantitative estimate of drug-likeness (QED) is 0.779. The summed E-state index contributed by atoms with van der Waals surface area (Å²) in [6.07, 6.45) is 9.19. The van der Waals surface area contributed by atoms with Crippen molar-refractivity contribution in [3.05, 3.63) is 54.1 Å². The van der Waals surface area contributed by atoms with Crippen LogP contribution in [0.3, 0.4) is 0 Å². The molecule has 2 heterocycles. The molecule has 2 aromatic rings. The number of hydrogen-bond acceptors (Lipinski definition) is 4. The molecule has 1 aromatic heterocycles. The fourth-order valence-electron chi connectivity index (χ4n) is 4.16. The smallest absolute Gasteiger partial charge is 0.254 e. The minimum Gasteiger partial charge on any atom is -0.366 e. The Morgan fingerprint density at radius 2 is 1.96 bits per heavy atom. The number of carbonyl (C=O) groups is 1. The van der Waals surface area contributed by atoms with Gasteiger partial charge >= 0.3 is 0 Å². The monoisotopic (exact) mass is 376 g/mol. The Bertz CT molecular complexity index is 853. The Morgan fingerprint density at radius 1 is 1.14 bits per heavy atom. The van der Waals surface area contributed by atoms with E-state index >= 15 is 0 Å². The second-order valence-corrected chi connectivity index (χ2v) is 8.13. The standard InChI is InChI=1S/C23H28N4O/c1-16(2)21-11-6-14-27(21)23(28)18-8-5-7-17(15-18)20-12-13-22(26-25-20)24-19-9-3-4-10-19/h5-8,11-13,15-16,19,21H,3-4,9-10,14H2,1-2H3,(H,24,26). The molecule has 146 valence electrons. The lowest BCUT2D eigenvalue weighted by Gasteiger charge is -2.27. The molecule has 1 aromatic carbocycles. The van der Waals surface area contributed by atoms with Crippen molar-refractivity contribution in [2.24, 2.45) is 5.92 Å². The first-order chi connectivity index (χ1) is 13.6. The maximum Gasteiger partial charge on any atom is 0.254 e. The van der Waals surface area contributed by atoms with Crippen molar-refractivity contribution in [2.45, 2.75) is 51.6 Å². The lowest BCUT2D eigenvalue weighted by Crippen LogP contribution is -2.39. The first-order valence-corrected chi connectivity index (χ1v) is 10.3. The molecule has 5 heteroatoms. The number of amides is 1. The average Bonchev–Trinajstić information content (AvgIpc) is 3.40. The second kappa shape index (κ2) is 8.13. The minimum atomic E-state index is 0.0676. The highest BCUT2D eigenvalue weighted by Crippen LogP contribution is 2.25. The maximum atomic E-state index is 13.0. The van der Waals surface area contributed by atoms with Crippen LogP contribution in [0.2, 0.25) is 0 Å². The van der Waals surface area contributed by atoms with Crippen molar-refractivity contribution in [2.75, 3.05) is 11.9 Å². The van der Waals surface area contributed by atoms with Crippen LogP contribution in [0.1, 0.15) is 49.9 Å². The average molecular weight is 377 g/mol. The van der Waals surface area contributed by atoms with Gasteiger partial charge in [0, 0.05) is 23.7 Å². The van der Waals surface area contributed by atoms with Crippen LogP contribution in [0, 0.1) is 5.92 Å². The summed E-state index contributed by atoms with van der Waals surface area (Å²) in [5.74, 6) is 1.29. The van der Waals surface area contributed by atoms with E-state index in [-0.39, 0.29) is 11.9 Å². The minimum absolute atomic E-state index is 0.0676. The summed E-state index contributed by atoms with van der Waals surface area (Å²) < 4.78 is 0. The van der Waals surface area contributed by atoms with E-state index in [1.165, 1.54) is 25.7 Å². The van der Waals surface area contributed by atoms with Crippen LogP contribution in [0.25, 0.3) is 11.3 Å². The SMILES string of the molecule is CC(C)C1C=CCN1C(=O)c1cccc(-c2ccc(NC3CCCC3)nn2)c1. The molecule has 0 radical (unpaired) electrons. The fourth-order valence-corrected chi connectivity index (χ4v) is 4.16. The number of hydrogen-bond donors (Lipinski definition) is 1. The highest BCUT2D eigenvalue weighted by molar-refractivity contribution is 5.96. The van der Waals surface area contributed by atoms with Gasteiger partial charge in [-0.2, -0.15) is 0 Å². The maximum absolute atomic E-state index is 13.0. The van der Waals surface area contributed by atoms with Gasteiger partial charge in [-0.05, 0) is 43.0 Å². The molecule has 0 bridgehead atoms. The van der Waals surface area contributed by atoms with Gasteiger partial charge in [0.15, 0.2) is 0 Å². The third-order valence-electron chi connectivity index (χ3n) is 5.72. The molecule has 1 aliphatic heterocycles. The molecule has 5 nitrogen and oxygen atoms in total. The van der Waals surface area contributed by atoms with Gasteiger partial charge in [-0.25, -0.2) is 0 Å². The van der Waals surface area contributed by atoms with Crippen molar-refractivity contribution in [1.82, 2.24) is 15.1 Å². The molecule has 1 atom stereocenters. The van der Waals surface area contributed by atoms with Gasteiger partial charge in [-0.3, -0.25) is 4.79 Å². The second-order valence-electron chi connectivity index (χ2n) is 8.13. The van der Waals surface area contributed by atoms with Gasteiger partial charge in [-0.15, -0.1) is 10.2 Å². The molecule has 1 fully saturated rings. The van der Waals surface area contributed by atoms with Gasteiger partial charge in [0.25, 0.3) is 5.91 Å². The van der Waals surface area contributed by atoms with Crippen LogP contribution in [-0.4, -0.2) is 39.6 Å². The van der Waals surface area contributed by atoms with E-state index in [0.29, 0.717) is 24.1 Å². The summed E-state index contributed by atoms with van der Waals surface area (Å²) >= 11 is 0. The number of nitrogens with one attached hydrogen (secondary N) is 1. The Kier molecular flexibility index (Phi) is 5.42. The first-order valence-electron chi connectivity index (χ1n) is 10.3. The van der Waals surface area contributed by atoms with Gasteiger partial charge in [-0.1, -0.05) is 51.0 Å². The van der Waals surface area contributed by atoms with Crippen molar-refractivity contribution in [1.29, 1.82) is 0 Å². The predicted molar refractivity (Wildman–Crippen MR) is 112 cm³/mol. The molecule has 0 spiro atoms. The number of rotatable bonds is 5. The van der Waals surface area contributed by atoms with Crippen molar-refractivity contribution in [3.63, 3.8) is 0 Å². The highest BCUT2D eigenvalue weighted by atomic mass is 16.2. The van der Waals surface area contributed by atoms with E-state index in [9.17, 15) is 4.79 Å². The zero-order valence-electron chi connectivity index (χ0n) is 16.6. The Labute approximate surface area is 166 Å². The molecule has 1 aliphatic carbocycles. The van der Waals surface area contributed by atoms with Crippen molar-refractivity contribution in [3.8, 4) is 11.3 Å². The number of benzene rings is 1. The first kappa shape index (κ1) is 18.7. The van der Waals surface area contributed by atoms with E-state index in [2.05, 4.69) is 41.5 Å². The molecule has 4 rings (SSSR count). The van der Waals surface area contributed by atoms with Gasteiger partial charge in [0.05, 0.1) is 11.7 Å².